The Labute approximate surface area is 101 Å². The van der Waals surface area contributed by atoms with Crippen LogP contribution in [-0.4, -0.2) is 31.9 Å². The van der Waals surface area contributed by atoms with E-state index >= 15 is 0 Å². The molecular weight excluding hydrogens is 238 g/mol. The molecule has 92 valence electrons. The zero-order chi connectivity index (χ0) is 13.3. The summed E-state index contributed by atoms with van der Waals surface area (Å²) in [5.41, 5.74) is 6.16. The first-order valence-electron chi connectivity index (χ1n) is 4.91. The van der Waals surface area contributed by atoms with Gasteiger partial charge in [0.15, 0.2) is 0 Å². The molecule has 0 radical (unpaired) electrons. The van der Waals surface area contributed by atoms with Crippen LogP contribution in [0, 0.1) is 0 Å². The predicted octanol–water partition coefficient (Wildman–Crippen LogP) is 0.851. The van der Waals surface area contributed by atoms with Crippen LogP contribution < -0.4 is 5.73 Å². The second-order valence-corrected chi connectivity index (χ2v) is 3.51. The van der Waals surface area contributed by atoms with Gasteiger partial charge in [0.1, 0.15) is 11.4 Å². The SMILES string of the molecule is Nc1c(C(=O)O)cnn1-c1ccc(C(=O)O)cc1. The van der Waals surface area contributed by atoms with E-state index in [0.717, 1.165) is 6.20 Å². The fourth-order valence-electron chi connectivity index (χ4n) is 1.47. The predicted molar refractivity (Wildman–Crippen MR) is 61.9 cm³/mol. The van der Waals surface area contributed by atoms with Crippen molar-refractivity contribution >= 4 is 17.8 Å². The van der Waals surface area contributed by atoms with Gasteiger partial charge in [0.25, 0.3) is 0 Å². The molecule has 0 aliphatic heterocycles. The number of aromatic nitrogens is 2. The van der Waals surface area contributed by atoms with Crippen LogP contribution in [0.1, 0.15) is 20.7 Å². The number of hydrogen-bond acceptors (Lipinski definition) is 4. The van der Waals surface area contributed by atoms with E-state index in [2.05, 4.69) is 5.10 Å². The number of nitrogen functional groups attached to an aromatic ring is 1. The van der Waals surface area contributed by atoms with Gasteiger partial charge in [0.05, 0.1) is 17.4 Å². The zero-order valence-corrected chi connectivity index (χ0v) is 9.07. The molecule has 7 heteroatoms. The Balaban J connectivity index is 2.43. The van der Waals surface area contributed by atoms with E-state index in [1.54, 1.807) is 0 Å². The Bertz CT molecular complexity index is 616. The standard InChI is InChI=1S/C11H9N3O4/c12-9-8(11(17)18)5-13-14(9)7-3-1-6(2-4-7)10(15)16/h1-5H,12H2,(H,15,16)(H,17,18). The normalized spacial score (nSPS) is 10.2. The molecule has 0 aliphatic carbocycles. The molecule has 1 aromatic carbocycles. The molecule has 0 unspecified atom stereocenters. The molecule has 0 aliphatic rings. The summed E-state index contributed by atoms with van der Waals surface area (Å²) in [6, 6.07) is 5.77. The number of carboxylic acid groups (broad SMARTS) is 2. The highest BCUT2D eigenvalue weighted by Gasteiger charge is 2.14. The number of nitrogens with two attached hydrogens (primary N) is 1. The van der Waals surface area contributed by atoms with Gasteiger partial charge >= 0.3 is 11.9 Å². The number of nitrogens with zero attached hydrogens (tertiary/aromatic N) is 2. The van der Waals surface area contributed by atoms with Gasteiger partial charge in [-0.2, -0.15) is 5.10 Å². The van der Waals surface area contributed by atoms with Crippen molar-refractivity contribution in [1.29, 1.82) is 0 Å². The zero-order valence-electron chi connectivity index (χ0n) is 9.07. The molecule has 7 nitrogen and oxygen atoms in total. The molecule has 2 rings (SSSR count). The van der Waals surface area contributed by atoms with Gasteiger partial charge in [-0.3, -0.25) is 0 Å². The van der Waals surface area contributed by atoms with Crippen LogP contribution in [0.3, 0.4) is 0 Å². The maximum Gasteiger partial charge on any atom is 0.341 e. The van der Waals surface area contributed by atoms with Crippen LogP contribution in [-0.2, 0) is 0 Å². The van der Waals surface area contributed by atoms with E-state index in [1.807, 2.05) is 0 Å². The molecule has 18 heavy (non-hydrogen) atoms. The fourth-order valence-corrected chi connectivity index (χ4v) is 1.47. The summed E-state index contributed by atoms with van der Waals surface area (Å²) in [7, 11) is 0. The first-order valence-corrected chi connectivity index (χ1v) is 4.91. The van der Waals surface area contributed by atoms with Crippen LogP contribution in [0.4, 0.5) is 5.82 Å². The Morgan fingerprint density at radius 1 is 1.11 bits per heavy atom. The molecule has 0 bridgehead atoms. The lowest BCUT2D eigenvalue weighted by Gasteiger charge is -2.04. The van der Waals surface area contributed by atoms with Crippen molar-refractivity contribution in [3.63, 3.8) is 0 Å². The Morgan fingerprint density at radius 3 is 2.17 bits per heavy atom. The van der Waals surface area contributed by atoms with E-state index in [9.17, 15) is 9.59 Å². The average Bonchev–Trinajstić information content (AvgIpc) is 2.71. The quantitative estimate of drug-likeness (QED) is 0.739. The van der Waals surface area contributed by atoms with Crippen LogP contribution in [0.25, 0.3) is 5.69 Å². The minimum Gasteiger partial charge on any atom is -0.478 e. The lowest BCUT2D eigenvalue weighted by molar-refractivity contribution is 0.0686. The number of hydrogen-bond donors (Lipinski definition) is 3. The smallest absolute Gasteiger partial charge is 0.341 e. The third-order valence-electron chi connectivity index (χ3n) is 2.40. The highest BCUT2D eigenvalue weighted by molar-refractivity contribution is 5.92. The maximum absolute atomic E-state index is 10.8. The number of carbonyl (C=O) groups is 2. The maximum atomic E-state index is 10.8. The summed E-state index contributed by atoms with van der Waals surface area (Å²) < 4.78 is 1.23. The van der Waals surface area contributed by atoms with Crippen LogP contribution in [0.5, 0.6) is 0 Å². The van der Waals surface area contributed by atoms with Crippen LogP contribution in [0.2, 0.25) is 0 Å². The van der Waals surface area contributed by atoms with Gasteiger partial charge < -0.3 is 15.9 Å². The van der Waals surface area contributed by atoms with Crippen molar-refractivity contribution in [2.75, 3.05) is 5.73 Å². The van der Waals surface area contributed by atoms with Crippen molar-refractivity contribution < 1.29 is 19.8 Å². The molecule has 0 saturated heterocycles. The summed E-state index contributed by atoms with van der Waals surface area (Å²) in [6.45, 7) is 0. The van der Waals surface area contributed by atoms with Crippen LogP contribution >= 0.6 is 0 Å². The van der Waals surface area contributed by atoms with Crippen molar-refractivity contribution in [2.45, 2.75) is 0 Å². The first kappa shape index (κ1) is 11.6. The third-order valence-corrected chi connectivity index (χ3v) is 2.40. The van der Waals surface area contributed by atoms with Gasteiger partial charge in [-0.1, -0.05) is 0 Å². The molecule has 0 saturated carbocycles. The molecule has 0 fully saturated rings. The summed E-state index contributed by atoms with van der Waals surface area (Å²) in [5, 5.41) is 21.4. The summed E-state index contributed by atoms with van der Waals surface area (Å²) in [6.07, 6.45) is 1.14. The number of aromatic carboxylic acids is 2. The second kappa shape index (κ2) is 4.21. The topological polar surface area (TPSA) is 118 Å². The highest BCUT2D eigenvalue weighted by Crippen LogP contribution is 2.17. The van der Waals surface area contributed by atoms with Crippen LogP contribution in [0.15, 0.2) is 30.5 Å². The Hall–Kier alpha value is -2.83. The van der Waals surface area contributed by atoms with E-state index < -0.39 is 11.9 Å². The molecule has 0 amide bonds. The number of benzene rings is 1. The lowest BCUT2D eigenvalue weighted by atomic mass is 10.2. The molecule has 2 aromatic rings. The molecular formula is C11H9N3O4. The Morgan fingerprint density at radius 2 is 1.72 bits per heavy atom. The Kier molecular flexibility index (Phi) is 2.72. The summed E-state index contributed by atoms with van der Waals surface area (Å²) in [4.78, 5) is 21.5. The average molecular weight is 247 g/mol. The minimum absolute atomic E-state index is 0.00873. The molecule has 1 heterocycles. The molecule has 4 N–H and O–H groups in total. The fraction of sp³-hybridized carbons (Fsp3) is 0. The van der Waals surface area contributed by atoms with E-state index in [0.29, 0.717) is 5.69 Å². The van der Waals surface area contributed by atoms with Gasteiger partial charge in [0, 0.05) is 0 Å². The van der Waals surface area contributed by atoms with Gasteiger partial charge in [-0.05, 0) is 24.3 Å². The third kappa shape index (κ3) is 1.88. The van der Waals surface area contributed by atoms with E-state index in [-0.39, 0.29) is 16.9 Å². The monoisotopic (exact) mass is 247 g/mol. The van der Waals surface area contributed by atoms with Crippen molar-refractivity contribution in [1.82, 2.24) is 9.78 Å². The van der Waals surface area contributed by atoms with Gasteiger partial charge in [-0.15, -0.1) is 0 Å². The number of rotatable bonds is 3. The molecule has 0 spiro atoms. The highest BCUT2D eigenvalue weighted by atomic mass is 16.4. The lowest BCUT2D eigenvalue weighted by Crippen LogP contribution is -2.06. The minimum atomic E-state index is -1.17. The second-order valence-electron chi connectivity index (χ2n) is 3.51. The largest absolute Gasteiger partial charge is 0.478 e. The van der Waals surface area contributed by atoms with Crippen molar-refractivity contribution in [3.05, 3.63) is 41.6 Å². The first-order chi connectivity index (χ1) is 8.50. The molecule has 1 aromatic heterocycles. The number of carboxylic acids is 2. The van der Waals surface area contributed by atoms with Crippen molar-refractivity contribution in [2.24, 2.45) is 0 Å². The molecule has 0 atom stereocenters. The van der Waals surface area contributed by atoms with Gasteiger partial charge in [-0.25, -0.2) is 14.3 Å². The summed E-state index contributed by atoms with van der Waals surface area (Å²) >= 11 is 0. The van der Waals surface area contributed by atoms with Crippen molar-refractivity contribution in [3.8, 4) is 5.69 Å². The van der Waals surface area contributed by atoms with E-state index in [4.69, 9.17) is 15.9 Å². The number of anilines is 1. The van der Waals surface area contributed by atoms with Gasteiger partial charge in [0.2, 0.25) is 0 Å². The van der Waals surface area contributed by atoms with E-state index in [1.165, 1.54) is 28.9 Å². The summed E-state index contributed by atoms with van der Waals surface area (Å²) in [5.74, 6) is -2.22.